The summed E-state index contributed by atoms with van der Waals surface area (Å²) in [6.07, 6.45) is 9.96. The lowest BCUT2D eigenvalue weighted by Crippen LogP contribution is -2.20. The largest absolute Gasteiger partial charge is 0.393 e. The molecule has 29 heavy (non-hydrogen) atoms. The van der Waals surface area contributed by atoms with Crippen LogP contribution in [-0.4, -0.2) is 39.5 Å². The first-order valence-electron chi connectivity index (χ1n) is 10.2. The number of primary amides is 1. The topological polar surface area (TPSA) is 104 Å². The highest BCUT2D eigenvalue weighted by atomic mass is 35.5. The van der Waals surface area contributed by atoms with E-state index in [1.807, 2.05) is 31.2 Å². The van der Waals surface area contributed by atoms with Crippen molar-refractivity contribution in [1.82, 2.24) is 0 Å². The van der Waals surface area contributed by atoms with Crippen LogP contribution in [0.2, 0.25) is 5.02 Å². The van der Waals surface area contributed by atoms with Gasteiger partial charge in [0.25, 0.3) is 0 Å². The summed E-state index contributed by atoms with van der Waals surface area (Å²) in [5, 5.41) is 31.7. The molecule has 0 bridgehead atoms. The minimum atomic E-state index is -0.611. The van der Waals surface area contributed by atoms with Gasteiger partial charge in [0.1, 0.15) is 0 Å². The summed E-state index contributed by atoms with van der Waals surface area (Å²) < 4.78 is 0. The number of aliphatic hydroxyl groups is 3. The monoisotopic (exact) mass is 441 g/mol. The first-order valence-corrected chi connectivity index (χ1v) is 11.4. The second-order valence-corrected chi connectivity index (χ2v) is 9.53. The van der Waals surface area contributed by atoms with E-state index in [0.29, 0.717) is 32.1 Å². The van der Waals surface area contributed by atoms with Gasteiger partial charge in [0.05, 0.1) is 23.3 Å². The number of allylic oxidation sites excluding steroid dienone is 2. The van der Waals surface area contributed by atoms with Crippen molar-refractivity contribution in [3.8, 4) is 0 Å². The molecule has 5 nitrogen and oxygen atoms in total. The minimum absolute atomic E-state index is 0.0837. The minimum Gasteiger partial charge on any atom is -0.393 e. The van der Waals surface area contributed by atoms with Crippen molar-refractivity contribution in [2.45, 2.75) is 70.2 Å². The average Bonchev–Trinajstić information content (AvgIpc) is 3.11. The standard InChI is InChI=1S/C22H32ClNO4S/c1-14-19(23)12-16(29-14)10-8-15(25)9-11-18-17(20(26)13-21(18)27)6-4-2-3-5-7-22(24)28/h2,4,9,11-12,15,17-18,20-21,25-27H,3,5-8,10,13H2,1H3,(H2,24,28)/b4-2+,11-9+. The number of aliphatic hydroxyl groups excluding tert-OH is 3. The zero-order valence-electron chi connectivity index (χ0n) is 16.8. The number of carbonyl (C=O) groups excluding carboxylic acids is 1. The lowest BCUT2D eigenvalue weighted by molar-refractivity contribution is -0.118. The summed E-state index contributed by atoms with van der Waals surface area (Å²) in [6, 6.07) is 1.95. The molecule has 1 fully saturated rings. The number of aryl methyl sites for hydroxylation is 2. The fourth-order valence-electron chi connectivity index (χ4n) is 3.76. The van der Waals surface area contributed by atoms with Gasteiger partial charge in [-0.3, -0.25) is 4.79 Å². The first-order chi connectivity index (χ1) is 13.8. The summed E-state index contributed by atoms with van der Waals surface area (Å²) in [6.45, 7) is 1.98. The number of amides is 1. The molecule has 1 aliphatic carbocycles. The Hall–Kier alpha value is -1.18. The predicted molar refractivity (Wildman–Crippen MR) is 118 cm³/mol. The van der Waals surface area contributed by atoms with Crippen LogP contribution in [0.4, 0.5) is 0 Å². The third-order valence-electron chi connectivity index (χ3n) is 5.43. The van der Waals surface area contributed by atoms with Crippen LogP contribution >= 0.6 is 22.9 Å². The smallest absolute Gasteiger partial charge is 0.217 e. The molecule has 5 unspecified atom stereocenters. The summed E-state index contributed by atoms with van der Waals surface area (Å²) in [7, 11) is 0. The van der Waals surface area contributed by atoms with Crippen molar-refractivity contribution in [2.24, 2.45) is 17.6 Å². The van der Waals surface area contributed by atoms with Gasteiger partial charge >= 0.3 is 0 Å². The first kappa shape index (κ1) is 24.1. The van der Waals surface area contributed by atoms with Crippen LogP contribution in [-0.2, 0) is 11.2 Å². The lowest BCUT2D eigenvalue weighted by Gasteiger charge is -2.19. The zero-order valence-corrected chi connectivity index (χ0v) is 18.4. The van der Waals surface area contributed by atoms with Crippen LogP contribution in [0.25, 0.3) is 0 Å². The molecule has 0 spiro atoms. The van der Waals surface area contributed by atoms with Crippen LogP contribution < -0.4 is 5.73 Å². The molecule has 5 atom stereocenters. The average molecular weight is 442 g/mol. The third-order valence-corrected chi connectivity index (χ3v) is 7.05. The lowest BCUT2D eigenvalue weighted by atomic mass is 9.89. The molecule has 7 heteroatoms. The number of nitrogens with two attached hydrogens (primary N) is 1. The van der Waals surface area contributed by atoms with Gasteiger partial charge in [-0.2, -0.15) is 0 Å². The summed E-state index contributed by atoms with van der Waals surface area (Å²) >= 11 is 7.72. The summed E-state index contributed by atoms with van der Waals surface area (Å²) in [5.74, 6) is -0.568. The van der Waals surface area contributed by atoms with E-state index in [-0.39, 0.29) is 17.7 Å². The molecule has 1 aromatic rings. The molecule has 1 amide bonds. The van der Waals surface area contributed by atoms with E-state index >= 15 is 0 Å². The number of thiophene rings is 1. The molecule has 1 saturated carbocycles. The Balaban J connectivity index is 1.83. The Labute approximate surface area is 181 Å². The molecule has 162 valence electrons. The molecular weight excluding hydrogens is 410 g/mol. The Morgan fingerprint density at radius 2 is 2.14 bits per heavy atom. The summed E-state index contributed by atoms with van der Waals surface area (Å²) in [4.78, 5) is 13.0. The molecule has 1 aliphatic rings. The van der Waals surface area contributed by atoms with E-state index < -0.39 is 18.3 Å². The number of hydrogen-bond donors (Lipinski definition) is 4. The van der Waals surface area contributed by atoms with Gasteiger partial charge in [0.15, 0.2) is 0 Å². The van der Waals surface area contributed by atoms with Crippen LogP contribution in [0.3, 0.4) is 0 Å². The van der Waals surface area contributed by atoms with E-state index in [4.69, 9.17) is 17.3 Å². The molecule has 5 N–H and O–H groups in total. The van der Waals surface area contributed by atoms with Gasteiger partial charge in [0.2, 0.25) is 5.91 Å². The van der Waals surface area contributed by atoms with E-state index in [0.717, 1.165) is 27.6 Å². The molecule has 1 aromatic heterocycles. The number of unbranched alkanes of at least 4 members (excludes halogenated alkanes) is 1. The SMILES string of the molecule is Cc1sc(CCC(O)/C=C/C2C(O)CC(O)C2C/C=C/CCCC(N)=O)cc1Cl. The highest BCUT2D eigenvalue weighted by molar-refractivity contribution is 7.12. The molecule has 0 saturated heterocycles. The van der Waals surface area contributed by atoms with Gasteiger partial charge in [-0.1, -0.05) is 35.9 Å². The van der Waals surface area contributed by atoms with E-state index in [2.05, 4.69) is 0 Å². The molecular formula is C22H32ClNO4S. The number of carbonyl (C=O) groups is 1. The van der Waals surface area contributed by atoms with Crippen LogP contribution in [0.5, 0.6) is 0 Å². The highest BCUT2D eigenvalue weighted by Gasteiger charge is 2.39. The van der Waals surface area contributed by atoms with Crippen molar-refractivity contribution in [3.63, 3.8) is 0 Å². The Bertz CT molecular complexity index is 698. The maximum absolute atomic E-state index is 10.7. The van der Waals surface area contributed by atoms with Crippen molar-refractivity contribution in [3.05, 3.63) is 45.1 Å². The number of hydrogen-bond acceptors (Lipinski definition) is 5. The fraction of sp³-hybridized carbons (Fsp3) is 0.591. The van der Waals surface area contributed by atoms with Crippen molar-refractivity contribution in [1.29, 1.82) is 0 Å². The van der Waals surface area contributed by atoms with E-state index in [9.17, 15) is 20.1 Å². The Morgan fingerprint density at radius 1 is 1.38 bits per heavy atom. The van der Waals surface area contributed by atoms with Gasteiger partial charge < -0.3 is 21.1 Å². The van der Waals surface area contributed by atoms with Crippen LogP contribution in [0.15, 0.2) is 30.4 Å². The molecule has 2 rings (SSSR count). The number of rotatable bonds is 11. The van der Waals surface area contributed by atoms with Gasteiger partial charge in [0, 0.05) is 28.5 Å². The van der Waals surface area contributed by atoms with E-state index in [1.54, 1.807) is 17.4 Å². The van der Waals surface area contributed by atoms with Crippen LogP contribution in [0, 0.1) is 18.8 Å². The normalized spacial score (nSPS) is 26.0. The Kier molecular flexibility index (Phi) is 9.86. The highest BCUT2D eigenvalue weighted by Crippen LogP contribution is 2.36. The molecule has 1 heterocycles. The van der Waals surface area contributed by atoms with Gasteiger partial charge in [-0.05, 0) is 51.0 Å². The second kappa shape index (κ2) is 11.9. The fourth-order valence-corrected chi connectivity index (χ4v) is 5.01. The quantitative estimate of drug-likeness (QED) is 0.311. The van der Waals surface area contributed by atoms with E-state index in [1.165, 1.54) is 0 Å². The molecule has 0 aromatic carbocycles. The number of halogens is 1. The molecule has 0 radical (unpaired) electrons. The maximum atomic E-state index is 10.7. The van der Waals surface area contributed by atoms with Gasteiger partial charge in [-0.25, -0.2) is 0 Å². The van der Waals surface area contributed by atoms with Crippen molar-refractivity contribution in [2.75, 3.05) is 0 Å². The third kappa shape index (κ3) is 7.87. The maximum Gasteiger partial charge on any atom is 0.217 e. The second-order valence-electron chi connectivity index (χ2n) is 7.79. The van der Waals surface area contributed by atoms with Gasteiger partial charge in [-0.15, -0.1) is 11.3 Å². The van der Waals surface area contributed by atoms with Crippen molar-refractivity contribution >= 4 is 28.8 Å². The summed E-state index contributed by atoms with van der Waals surface area (Å²) in [5.41, 5.74) is 5.12. The Morgan fingerprint density at radius 3 is 2.79 bits per heavy atom. The zero-order chi connectivity index (χ0) is 21.4. The van der Waals surface area contributed by atoms with Crippen molar-refractivity contribution < 1.29 is 20.1 Å². The predicted octanol–water partition coefficient (Wildman–Crippen LogP) is 3.52. The molecule has 0 aliphatic heterocycles. The van der Waals surface area contributed by atoms with Crippen LogP contribution in [0.1, 0.15) is 48.3 Å².